The van der Waals surface area contributed by atoms with Crippen molar-refractivity contribution < 1.29 is 0 Å². The molecule has 0 spiro atoms. The van der Waals surface area contributed by atoms with Gasteiger partial charge in [0.1, 0.15) is 0 Å². The van der Waals surface area contributed by atoms with Gasteiger partial charge in [0.05, 0.1) is 0 Å². The summed E-state index contributed by atoms with van der Waals surface area (Å²) >= 11 is 0. The standard InChI is InChI=1S/C20H37P/c1-17-11-5-2-10-16-20(17)21(18-12-6-3-7-13-18)19-14-8-4-9-15-19/h17-20H,2-16H2,1H3. The van der Waals surface area contributed by atoms with Gasteiger partial charge in [-0.3, -0.25) is 0 Å². The van der Waals surface area contributed by atoms with Crippen molar-refractivity contribution in [1.29, 1.82) is 0 Å². The van der Waals surface area contributed by atoms with Gasteiger partial charge in [-0.15, -0.1) is 0 Å². The van der Waals surface area contributed by atoms with Crippen LogP contribution in [0.1, 0.15) is 103 Å². The summed E-state index contributed by atoms with van der Waals surface area (Å²) < 4.78 is 0. The third-order valence-electron chi connectivity index (χ3n) is 6.69. The van der Waals surface area contributed by atoms with Crippen LogP contribution < -0.4 is 0 Å². The molecule has 0 bridgehead atoms. The van der Waals surface area contributed by atoms with Crippen molar-refractivity contribution in [2.24, 2.45) is 5.92 Å². The van der Waals surface area contributed by atoms with Crippen molar-refractivity contribution in [2.75, 3.05) is 0 Å². The van der Waals surface area contributed by atoms with E-state index in [1.807, 2.05) is 0 Å². The Morgan fingerprint density at radius 2 is 0.952 bits per heavy atom. The van der Waals surface area contributed by atoms with Crippen LogP contribution in [0.4, 0.5) is 0 Å². The Kier molecular flexibility index (Phi) is 6.46. The van der Waals surface area contributed by atoms with E-state index in [1.54, 1.807) is 70.6 Å². The third kappa shape index (κ3) is 4.25. The van der Waals surface area contributed by atoms with Crippen LogP contribution in [0.25, 0.3) is 0 Å². The Bertz CT molecular complexity index is 270. The van der Waals surface area contributed by atoms with Gasteiger partial charge in [0.25, 0.3) is 0 Å². The Labute approximate surface area is 134 Å². The van der Waals surface area contributed by atoms with Gasteiger partial charge in [-0.25, -0.2) is 0 Å². The first-order valence-electron chi connectivity index (χ1n) is 10.1. The minimum Gasteiger partial charge on any atom is -0.0969 e. The Balaban J connectivity index is 1.75. The van der Waals surface area contributed by atoms with Crippen molar-refractivity contribution in [3.63, 3.8) is 0 Å². The molecule has 1 heteroatoms. The normalized spacial score (nSPS) is 34.0. The molecule has 0 saturated heterocycles. The fraction of sp³-hybridized carbons (Fsp3) is 1.00. The Hall–Kier alpha value is 0.430. The van der Waals surface area contributed by atoms with Gasteiger partial charge >= 0.3 is 0 Å². The van der Waals surface area contributed by atoms with Gasteiger partial charge < -0.3 is 0 Å². The lowest BCUT2D eigenvalue weighted by Gasteiger charge is -2.45. The van der Waals surface area contributed by atoms with Crippen LogP contribution >= 0.6 is 7.92 Å². The monoisotopic (exact) mass is 308 g/mol. The second-order valence-corrected chi connectivity index (χ2v) is 11.2. The molecule has 21 heavy (non-hydrogen) atoms. The van der Waals surface area contributed by atoms with Crippen LogP contribution in [-0.2, 0) is 0 Å². The predicted octanol–water partition coefficient (Wildman–Crippen LogP) is 7.10. The smallest absolute Gasteiger partial charge is 0.0178 e. The van der Waals surface area contributed by atoms with Crippen molar-refractivity contribution in [1.82, 2.24) is 0 Å². The molecule has 0 aromatic carbocycles. The van der Waals surface area contributed by atoms with Gasteiger partial charge in [-0.2, -0.15) is 0 Å². The van der Waals surface area contributed by atoms with Gasteiger partial charge in [0.2, 0.25) is 0 Å². The van der Waals surface area contributed by atoms with Crippen molar-refractivity contribution >= 4 is 7.92 Å². The molecule has 2 unspecified atom stereocenters. The fourth-order valence-corrected chi connectivity index (χ4v) is 10.3. The van der Waals surface area contributed by atoms with Gasteiger partial charge in [0.15, 0.2) is 0 Å². The zero-order valence-corrected chi connectivity index (χ0v) is 15.3. The zero-order valence-electron chi connectivity index (χ0n) is 14.4. The summed E-state index contributed by atoms with van der Waals surface area (Å²) in [5, 5.41) is 0. The largest absolute Gasteiger partial charge is 0.0969 e. The average molecular weight is 308 g/mol. The molecule has 0 aromatic heterocycles. The van der Waals surface area contributed by atoms with Crippen molar-refractivity contribution in [3.8, 4) is 0 Å². The molecule has 3 aliphatic rings. The fourth-order valence-electron chi connectivity index (χ4n) is 5.51. The van der Waals surface area contributed by atoms with E-state index in [4.69, 9.17) is 0 Å². The Morgan fingerprint density at radius 3 is 1.48 bits per heavy atom. The number of rotatable bonds is 3. The van der Waals surface area contributed by atoms with Gasteiger partial charge in [0, 0.05) is 0 Å². The van der Waals surface area contributed by atoms with E-state index >= 15 is 0 Å². The minimum atomic E-state index is 0.328. The van der Waals surface area contributed by atoms with Crippen LogP contribution in [0.2, 0.25) is 0 Å². The molecule has 3 saturated carbocycles. The molecular weight excluding hydrogens is 271 g/mol. The Morgan fingerprint density at radius 1 is 0.524 bits per heavy atom. The molecule has 3 aliphatic carbocycles. The highest BCUT2D eigenvalue weighted by atomic mass is 31.1. The van der Waals surface area contributed by atoms with Crippen LogP contribution in [0.3, 0.4) is 0 Å². The maximum absolute atomic E-state index is 2.62. The van der Waals surface area contributed by atoms with E-state index in [2.05, 4.69) is 6.92 Å². The first-order chi connectivity index (χ1) is 10.4. The molecule has 0 aliphatic heterocycles. The second kappa shape index (κ2) is 8.33. The molecule has 122 valence electrons. The minimum absolute atomic E-state index is 0.328. The molecule has 0 heterocycles. The maximum Gasteiger partial charge on any atom is -0.0178 e. The molecule has 0 N–H and O–H groups in total. The highest BCUT2D eigenvalue weighted by Gasteiger charge is 2.38. The van der Waals surface area contributed by atoms with Crippen molar-refractivity contribution in [2.45, 2.75) is 120 Å². The molecule has 0 aromatic rings. The average Bonchev–Trinajstić information content (AvgIpc) is 2.75. The van der Waals surface area contributed by atoms with Crippen LogP contribution in [0.15, 0.2) is 0 Å². The predicted molar refractivity (Wildman–Crippen MR) is 96.7 cm³/mol. The molecule has 0 radical (unpaired) electrons. The summed E-state index contributed by atoms with van der Waals surface area (Å²) in [5.74, 6) is 1.04. The first kappa shape index (κ1) is 16.3. The summed E-state index contributed by atoms with van der Waals surface area (Å²) in [6.45, 7) is 2.62. The number of hydrogen-bond donors (Lipinski definition) is 0. The molecule has 0 amide bonds. The quantitative estimate of drug-likeness (QED) is 0.385. The molecule has 3 rings (SSSR count). The van der Waals surface area contributed by atoms with Crippen molar-refractivity contribution in [3.05, 3.63) is 0 Å². The van der Waals surface area contributed by atoms with E-state index in [9.17, 15) is 0 Å². The molecule has 2 atom stereocenters. The van der Waals surface area contributed by atoms with Gasteiger partial charge in [-0.1, -0.05) is 79.1 Å². The lowest BCUT2D eigenvalue weighted by Crippen LogP contribution is -2.29. The lowest BCUT2D eigenvalue weighted by atomic mass is 9.99. The summed E-state index contributed by atoms with van der Waals surface area (Å²) in [7, 11) is 0.328. The number of hydrogen-bond acceptors (Lipinski definition) is 0. The highest BCUT2D eigenvalue weighted by molar-refractivity contribution is 7.60. The summed E-state index contributed by atoms with van der Waals surface area (Å²) in [4.78, 5) is 0. The van der Waals surface area contributed by atoms with E-state index in [0.717, 1.165) is 11.6 Å². The SMILES string of the molecule is CC1CCCCCC1P(C1CCCCC1)C1CCCCC1. The topological polar surface area (TPSA) is 0 Å². The van der Waals surface area contributed by atoms with E-state index in [1.165, 1.54) is 37.0 Å². The van der Waals surface area contributed by atoms with Gasteiger partial charge in [-0.05, 0) is 55.0 Å². The second-order valence-electron chi connectivity index (χ2n) is 8.21. The van der Waals surface area contributed by atoms with E-state index in [-0.39, 0.29) is 0 Å². The van der Waals surface area contributed by atoms with E-state index < -0.39 is 0 Å². The van der Waals surface area contributed by atoms with Crippen LogP contribution in [-0.4, -0.2) is 17.0 Å². The van der Waals surface area contributed by atoms with Crippen LogP contribution in [0.5, 0.6) is 0 Å². The summed E-state index contributed by atoms with van der Waals surface area (Å²) in [6, 6.07) is 0. The zero-order chi connectivity index (χ0) is 14.5. The highest BCUT2D eigenvalue weighted by Crippen LogP contribution is 2.62. The van der Waals surface area contributed by atoms with Crippen LogP contribution in [0, 0.1) is 5.92 Å². The first-order valence-corrected chi connectivity index (χ1v) is 11.7. The van der Waals surface area contributed by atoms with E-state index in [0.29, 0.717) is 7.92 Å². The lowest BCUT2D eigenvalue weighted by molar-refractivity contribution is 0.458. The molecule has 0 nitrogen and oxygen atoms in total. The summed E-state index contributed by atoms with van der Waals surface area (Å²) in [5.41, 5.74) is 3.48. The summed E-state index contributed by atoms with van der Waals surface area (Å²) in [6.07, 6.45) is 23.4. The maximum atomic E-state index is 2.62. The molecular formula is C20H37P. The third-order valence-corrected chi connectivity index (χ3v) is 10.9. The molecule has 3 fully saturated rings.